The predicted molar refractivity (Wildman–Crippen MR) is 76.3 cm³/mol. The van der Waals surface area contributed by atoms with Gasteiger partial charge in [-0.05, 0) is 5.56 Å². The van der Waals surface area contributed by atoms with Crippen LogP contribution in [0.3, 0.4) is 0 Å². The van der Waals surface area contributed by atoms with Crippen molar-refractivity contribution in [1.29, 1.82) is 0 Å². The Bertz CT molecular complexity index is 553. The third kappa shape index (κ3) is 3.75. The summed E-state index contributed by atoms with van der Waals surface area (Å²) < 4.78 is 1.76. The maximum absolute atomic E-state index is 8.74. The molecular weight excluding hydrogens is 260 g/mol. The van der Waals surface area contributed by atoms with Gasteiger partial charge in [0.1, 0.15) is 5.84 Å². The summed E-state index contributed by atoms with van der Waals surface area (Å²) in [5.74, 6) is 0.227. The van der Waals surface area contributed by atoms with Crippen LogP contribution in [-0.2, 0) is 7.05 Å². The van der Waals surface area contributed by atoms with Gasteiger partial charge in [0.05, 0.1) is 6.20 Å². The molecule has 6 heteroatoms. The molecule has 1 aromatic carbocycles. The highest BCUT2D eigenvalue weighted by atomic mass is 32.2. The van der Waals surface area contributed by atoms with E-state index in [2.05, 4.69) is 10.3 Å². The zero-order valence-electron chi connectivity index (χ0n) is 10.6. The number of thioether (sulfide) groups is 1. The Morgan fingerprint density at radius 3 is 2.79 bits per heavy atom. The van der Waals surface area contributed by atoms with Gasteiger partial charge in [-0.25, -0.2) is 0 Å². The van der Waals surface area contributed by atoms with E-state index in [0.717, 1.165) is 10.5 Å². The van der Waals surface area contributed by atoms with Crippen LogP contribution in [0.5, 0.6) is 0 Å². The molecule has 0 aliphatic carbocycles. The first-order valence-corrected chi connectivity index (χ1v) is 6.73. The highest BCUT2D eigenvalue weighted by Crippen LogP contribution is 2.37. The summed E-state index contributed by atoms with van der Waals surface area (Å²) in [4.78, 5) is 1.06. The molecule has 0 aliphatic heterocycles. The molecule has 19 heavy (non-hydrogen) atoms. The summed E-state index contributed by atoms with van der Waals surface area (Å²) in [6, 6.07) is 10.0. The van der Waals surface area contributed by atoms with E-state index in [-0.39, 0.29) is 11.1 Å². The topological polar surface area (TPSA) is 76.4 Å². The van der Waals surface area contributed by atoms with Crippen LogP contribution >= 0.6 is 11.8 Å². The zero-order chi connectivity index (χ0) is 13.7. The van der Waals surface area contributed by atoms with Crippen LogP contribution in [0.1, 0.15) is 17.2 Å². The van der Waals surface area contributed by atoms with E-state index in [9.17, 15) is 0 Å². The molecule has 0 aliphatic rings. The van der Waals surface area contributed by atoms with E-state index < -0.39 is 0 Å². The maximum Gasteiger partial charge on any atom is 0.140 e. The van der Waals surface area contributed by atoms with Crippen LogP contribution < -0.4 is 5.73 Å². The fraction of sp³-hybridized carbons (Fsp3) is 0.231. The van der Waals surface area contributed by atoms with Gasteiger partial charge < -0.3 is 10.9 Å². The number of hydrogen-bond donors (Lipinski definition) is 2. The molecule has 1 heterocycles. The van der Waals surface area contributed by atoms with Crippen molar-refractivity contribution in [3.8, 4) is 0 Å². The van der Waals surface area contributed by atoms with Crippen LogP contribution in [0.15, 0.2) is 52.8 Å². The van der Waals surface area contributed by atoms with E-state index in [1.54, 1.807) is 16.4 Å². The normalized spacial score (nSPS) is 13.4. The summed E-state index contributed by atoms with van der Waals surface area (Å²) in [5, 5.41) is 16.0. The monoisotopic (exact) mass is 276 g/mol. The third-order valence-electron chi connectivity index (χ3n) is 2.65. The smallest absolute Gasteiger partial charge is 0.140 e. The van der Waals surface area contributed by atoms with Crippen LogP contribution in [0.2, 0.25) is 0 Å². The lowest BCUT2D eigenvalue weighted by molar-refractivity contribution is 0.317. The SMILES string of the molecule is Cn1cc(SC(C/C(N)=N/O)c2ccccc2)cn1. The summed E-state index contributed by atoms with van der Waals surface area (Å²) >= 11 is 1.65. The first kappa shape index (κ1) is 13.5. The van der Waals surface area contributed by atoms with Crippen LogP contribution in [0, 0.1) is 0 Å². The molecule has 2 rings (SSSR count). The molecule has 1 aromatic heterocycles. The van der Waals surface area contributed by atoms with Crippen LogP contribution in [0.25, 0.3) is 0 Å². The average molecular weight is 276 g/mol. The van der Waals surface area contributed by atoms with Gasteiger partial charge in [-0.2, -0.15) is 5.10 Å². The summed E-state index contributed by atoms with van der Waals surface area (Å²) in [5.41, 5.74) is 6.78. The number of nitrogens with zero attached hydrogens (tertiary/aromatic N) is 3. The van der Waals surface area contributed by atoms with Crippen molar-refractivity contribution in [1.82, 2.24) is 9.78 Å². The number of nitrogens with two attached hydrogens (primary N) is 1. The molecule has 0 saturated carbocycles. The summed E-state index contributed by atoms with van der Waals surface area (Å²) in [6.45, 7) is 0. The molecule has 1 atom stereocenters. The Kier molecular flexibility index (Phi) is 4.46. The molecule has 0 saturated heterocycles. The maximum atomic E-state index is 8.74. The largest absolute Gasteiger partial charge is 0.409 e. The molecule has 2 aromatic rings. The van der Waals surface area contributed by atoms with E-state index in [4.69, 9.17) is 10.9 Å². The Hall–Kier alpha value is -1.95. The number of hydrogen-bond acceptors (Lipinski definition) is 4. The molecule has 1 unspecified atom stereocenters. The van der Waals surface area contributed by atoms with Crippen molar-refractivity contribution in [2.24, 2.45) is 17.9 Å². The molecular formula is C13H16N4OS. The number of oxime groups is 1. The van der Waals surface area contributed by atoms with Gasteiger partial charge in [0.2, 0.25) is 0 Å². The molecule has 5 nitrogen and oxygen atoms in total. The quantitative estimate of drug-likeness (QED) is 0.289. The Morgan fingerprint density at radius 1 is 1.47 bits per heavy atom. The highest BCUT2D eigenvalue weighted by molar-refractivity contribution is 7.99. The second-order valence-corrected chi connectivity index (χ2v) is 5.44. The Labute approximate surface area is 116 Å². The lowest BCUT2D eigenvalue weighted by atomic mass is 10.1. The first-order valence-electron chi connectivity index (χ1n) is 5.85. The Morgan fingerprint density at radius 2 is 2.21 bits per heavy atom. The predicted octanol–water partition coefficient (Wildman–Crippen LogP) is 2.39. The van der Waals surface area contributed by atoms with Crippen molar-refractivity contribution in [3.63, 3.8) is 0 Å². The van der Waals surface area contributed by atoms with Crippen molar-refractivity contribution in [2.45, 2.75) is 16.6 Å². The molecule has 0 fully saturated rings. The average Bonchev–Trinajstić information content (AvgIpc) is 2.84. The van der Waals surface area contributed by atoms with Crippen LogP contribution in [0.4, 0.5) is 0 Å². The van der Waals surface area contributed by atoms with Crippen LogP contribution in [-0.4, -0.2) is 20.8 Å². The van der Waals surface area contributed by atoms with Gasteiger partial charge >= 0.3 is 0 Å². The minimum Gasteiger partial charge on any atom is -0.409 e. The van der Waals surface area contributed by atoms with Gasteiger partial charge in [-0.1, -0.05) is 35.5 Å². The van der Waals surface area contributed by atoms with Gasteiger partial charge in [0.15, 0.2) is 0 Å². The second kappa shape index (κ2) is 6.29. The fourth-order valence-electron chi connectivity index (χ4n) is 1.75. The van der Waals surface area contributed by atoms with E-state index in [1.807, 2.05) is 49.8 Å². The minimum atomic E-state index is 0.0984. The second-order valence-electron chi connectivity index (χ2n) is 4.16. The lowest BCUT2D eigenvalue weighted by Gasteiger charge is -2.15. The third-order valence-corrected chi connectivity index (χ3v) is 3.86. The van der Waals surface area contributed by atoms with Gasteiger partial charge in [-0.3, -0.25) is 4.68 Å². The molecule has 0 radical (unpaired) electrons. The first-order chi connectivity index (χ1) is 9.19. The van der Waals surface area contributed by atoms with Crippen molar-refractivity contribution >= 4 is 17.6 Å². The standard InChI is InChI=1S/C13H16N4OS/c1-17-9-11(8-15-17)19-12(7-13(14)16-18)10-5-3-2-4-6-10/h2-6,8-9,12,18H,7H2,1H3,(H2,14,16). The Balaban J connectivity index is 2.19. The molecule has 3 N–H and O–H groups in total. The molecule has 0 spiro atoms. The van der Waals surface area contributed by atoms with E-state index in [0.29, 0.717) is 6.42 Å². The van der Waals surface area contributed by atoms with Gasteiger partial charge in [0.25, 0.3) is 0 Å². The van der Waals surface area contributed by atoms with Crippen molar-refractivity contribution in [3.05, 3.63) is 48.3 Å². The molecule has 0 bridgehead atoms. The minimum absolute atomic E-state index is 0.0984. The number of benzene rings is 1. The number of rotatable bonds is 5. The number of aryl methyl sites for hydroxylation is 1. The summed E-state index contributed by atoms with van der Waals surface area (Å²) in [7, 11) is 1.88. The number of amidine groups is 1. The van der Waals surface area contributed by atoms with Gasteiger partial charge in [0, 0.05) is 29.8 Å². The highest BCUT2D eigenvalue weighted by Gasteiger charge is 2.16. The van der Waals surface area contributed by atoms with E-state index in [1.165, 1.54) is 0 Å². The van der Waals surface area contributed by atoms with Crippen molar-refractivity contribution in [2.75, 3.05) is 0 Å². The molecule has 100 valence electrons. The fourth-order valence-corrected chi connectivity index (χ4v) is 2.95. The molecule has 0 amide bonds. The van der Waals surface area contributed by atoms with Crippen molar-refractivity contribution < 1.29 is 5.21 Å². The lowest BCUT2D eigenvalue weighted by Crippen LogP contribution is -2.14. The number of aromatic nitrogens is 2. The van der Waals surface area contributed by atoms with E-state index >= 15 is 0 Å². The summed E-state index contributed by atoms with van der Waals surface area (Å²) in [6.07, 6.45) is 4.25. The van der Waals surface area contributed by atoms with Gasteiger partial charge in [-0.15, -0.1) is 11.8 Å². The zero-order valence-corrected chi connectivity index (χ0v) is 11.4.